The van der Waals surface area contributed by atoms with Crippen molar-refractivity contribution in [2.75, 3.05) is 18.8 Å². The van der Waals surface area contributed by atoms with Crippen LogP contribution in [0, 0.1) is 17.2 Å². The summed E-state index contributed by atoms with van der Waals surface area (Å²) in [7, 11) is 0. The third kappa shape index (κ3) is 3.25. The number of carbonyl (C=O) groups excluding carboxylic acids is 1. The lowest BCUT2D eigenvalue weighted by Gasteiger charge is -2.21. The van der Waals surface area contributed by atoms with E-state index >= 15 is 0 Å². The molecule has 1 atom stereocenters. The maximum atomic E-state index is 12.3. The number of amides is 1. The number of nitrogen functional groups attached to an aromatic ring is 1. The first-order valence-electron chi connectivity index (χ1n) is 6.44. The summed E-state index contributed by atoms with van der Waals surface area (Å²) < 4.78 is 0. The first-order valence-corrected chi connectivity index (χ1v) is 6.44. The third-order valence-electron chi connectivity index (χ3n) is 3.00. The molecule has 19 heavy (non-hydrogen) atoms. The zero-order valence-electron chi connectivity index (χ0n) is 11.9. The zero-order chi connectivity index (χ0) is 14.6. The molecule has 0 aliphatic rings. The molecule has 1 aromatic heterocycles. The maximum absolute atomic E-state index is 12.3. The topological polar surface area (TPSA) is 98.8 Å². The number of nitrogens with zero attached hydrogens (tertiary/aromatic N) is 3. The molecule has 6 nitrogen and oxygen atoms in total. The van der Waals surface area contributed by atoms with Gasteiger partial charge in [-0.15, -0.1) is 0 Å². The number of carbonyl (C=O) groups is 1. The van der Waals surface area contributed by atoms with Crippen LogP contribution in [0.4, 0.5) is 5.69 Å². The van der Waals surface area contributed by atoms with Crippen LogP contribution < -0.4 is 5.73 Å². The highest BCUT2D eigenvalue weighted by Crippen LogP contribution is 2.23. The summed E-state index contributed by atoms with van der Waals surface area (Å²) in [5.41, 5.74) is 7.38. The highest BCUT2D eigenvalue weighted by molar-refractivity contribution is 5.97. The van der Waals surface area contributed by atoms with E-state index in [1.54, 1.807) is 11.8 Å². The molecule has 0 aromatic carbocycles. The molecule has 0 aliphatic carbocycles. The van der Waals surface area contributed by atoms with E-state index < -0.39 is 0 Å². The van der Waals surface area contributed by atoms with E-state index in [1.807, 2.05) is 20.8 Å². The standard InChI is InChI=1S/C13H21N5O/c1-5-18(7-9(4)6-14)13(19)12-10(15)11(8(2)3)16-17-12/h8-9H,5,7,15H2,1-4H3,(H,16,17). The van der Waals surface area contributed by atoms with Gasteiger partial charge in [-0.05, 0) is 19.8 Å². The summed E-state index contributed by atoms with van der Waals surface area (Å²) in [4.78, 5) is 13.9. The molecule has 0 saturated heterocycles. The van der Waals surface area contributed by atoms with Crippen molar-refractivity contribution >= 4 is 11.6 Å². The Bertz CT molecular complexity index is 486. The fourth-order valence-corrected chi connectivity index (χ4v) is 1.84. The number of aromatic amines is 1. The number of nitrogens with two attached hydrogens (primary N) is 1. The van der Waals surface area contributed by atoms with Crippen LogP contribution in [-0.2, 0) is 0 Å². The lowest BCUT2D eigenvalue weighted by atomic mass is 10.1. The van der Waals surface area contributed by atoms with Crippen LogP contribution in [0.3, 0.4) is 0 Å². The van der Waals surface area contributed by atoms with E-state index in [9.17, 15) is 4.79 Å². The van der Waals surface area contributed by atoms with Crippen molar-refractivity contribution in [1.29, 1.82) is 5.26 Å². The van der Waals surface area contributed by atoms with E-state index in [-0.39, 0.29) is 23.4 Å². The molecule has 0 fully saturated rings. The molecule has 6 heteroatoms. The molecule has 1 unspecified atom stereocenters. The monoisotopic (exact) mass is 263 g/mol. The van der Waals surface area contributed by atoms with Crippen LogP contribution in [0.15, 0.2) is 0 Å². The maximum Gasteiger partial charge on any atom is 0.276 e. The lowest BCUT2D eigenvalue weighted by molar-refractivity contribution is 0.0748. The Labute approximate surface area is 113 Å². The second-order valence-corrected chi connectivity index (χ2v) is 4.93. The Morgan fingerprint density at radius 1 is 1.53 bits per heavy atom. The summed E-state index contributed by atoms with van der Waals surface area (Å²) in [6.45, 7) is 8.52. The van der Waals surface area contributed by atoms with Gasteiger partial charge in [0.2, 0.25) is 0 Å². The summed E-state index contributed by atoms with van der Waals surface area (Å²) in [5, 5.41) is 15.7. The van der Waals surface area contributed by atoms with E-state index in [0.717, 1.165) is 5.69 Å². The number of nitrogens with one attached hydrogen (secondary N) is 1. The summed E-state index contributed by atoms with van der Waals surface area (Å²) in [6.07, 6.45) is 0. The largest absolute Gasteiger partial charge is 0.395 e. The SMILES string of the molecule is CCN(CC(C)C#N)C(=O)c1n[nH]c(C(C)C)c1N. The van der Waals surface area contributed by atoms with Gasteiger partial charge in [-0.3, -0.25) is 9.89 Å². The van der Waals surface area contributed by atoms with Gasteiger partial charge >= 0.3 is 0 Å². The van der Waals surface area contributed by atoms with Gasteiger partial charge in [-0.2, -0.15) is 10.4 Å². The lowest BCUT2D eigenvalue weighted by Crippen LogP contribution is -2.35. The summed E-state index contributed by atoms with van der Waals surface area (Å²) in [6, 6.07) is 2.12. The molecule has 1 rings (SSSR count). The van der Waals surface area contributed by atoms with E-state index in [1.165, 1.54) is 0 Å². The Hall–Kier alpha value is -2.03. The molecular weight excluding hydrogens is 242 g/mol. The molecule has 0 bridgehead atoms. The van der Waals surface area contributed by atoms with Gasteiger partial charge < -0.3 is 10.6 Å². The smallest absolute Gasteiger partial charge is 0.276 e. The molecule has 0 saturated carbocycles. The number of hydrogen-bond donors (Lipinski definition) is 2. The third-order valence-corrected chi connectivity index (χ3v) is 3.00. The molecule has 1 heterocycles. The number of aromatic nitrogens is 2. The predicted molar refractivity (Wildman–Crippen MR) is 73.4 cm³/mol. The van der Waals surface area contributed by atoms with Crippen molar-refractivity contribution in [2.45, 2.75) is 33.6 Å². The molecule has 0 radical (unpaired) electrons. The highest BCUT2D eigenvalue weighted by Gasteiger charge is 2.23. The molecule has 1 amide bonds. The van der Waals surface area contributed by atoms with E-state index in [4.69, 9.17) is 11.0 Å². The Kier molecular flexibility index (Phi) is 4.93. The van der Waals surface area contributed by atoms with Crippen molar-refractivity contribution in [1.82, 2.24) is 15.1 Å². The van der Waals surface area contributed by atoms with Crippen LogP contribution in [0.5, 0.6) is 0 Å². The van der Waals surface area contributed by atoms with Gasteiger partial charge in [0, 0.05) is 13.1 Å². The minimum Gasteiger partial charge on any atom is -0.395 e. The fourth-order valence-electron chi connectivity index (χ4n) is 1.84. The van der Waals surface area contributed by atoms with Crippen LogP contribution >= 0.6 is 0 Å². The molecule has 3 N–H and O–H groups in total. The van der Waals surface area contributed by atoms with E-state index in [0.29, 0.717) is 18.8 Å². The van der Waals surface area contributed by atoms with Crippen LogP contribution in [0.2, 0.25) is 0 Å². The molecule has 1 aromatic rings. The highest BCUT2D eigenvalue weighted by atomic mass is 16.2. The molecular formula is C13H21N5O. The van der Waals surface area contributed by atoms with Crippen LogP contribution in [0.25, 0.3) is 0 Å². The molecule has 104 valence electrons. The average molecular weight is 263 g/mol. The van der Waals surface area contributed by atoms with E-state index in [2.05, 4.69) is 16.3 Å². The Balaban J connectivity index is 2.96. The van der Waals surface area contributed by atoms with Crippen molar-refractivity contribution < 1.29 is 4.79 Å². The van der Waals surface area contributed by atoms with Gasteiger partial charge in [-0.1, -0.05) is 13.8 Å². The Morgan fingerprint density at radius 3 is 2.58 bits per heavy atom. The minimum atomic E-state index is -0.231. The number of nitriles is 1. The average Bonchev–Trinajstić information content (AvgIpc) is 2.76. The quantitative estimate of drug-likeness (QED) is 0.845. The van der Waals surface area contributed by atoms with Gasteiger partial charge in [0.05, 0.1) is 23.4 Å². The molecule has 0 spiro atoms. The normalized spacial score (nSPS) is 12.2. The van der Waals surface area contributed by atoms with Crippen molar-refractivity contribution in [3.63, 3.8) is 0 Å². The number of rotatable bonds is 5. The van der Waals surface area contributed by atoms with Crippen molar-refractivity contribution in [2.24, 2.45) is 5.92 Å². The first kappa shape index (κ1) is 15.0. The number of H-pyrrole nitrogens is 1. The zero-order valence-corrected chi connectivity index (χ0v) is 11.9. The second kappa shape index (κ2) is 6.23. The fraction of sp³-hybridized carbons (Fsp3) is 0.615. The van der Waals surface area contributed by atoms with Gasteiger partial charge in [0.15, 0.2) is 5.69 Å². The van der Waals surface area contributed by atoms with Gasteiger partial charge in [0.25, 0.3) is 5.91 Å². The predicted octanol–water partition coefficient (Wildman–Crippen LogP) is 1.74. The Morgan fingerprint density at radius 2 is 2.16 bits per heavy atom. The number of hydrogen-bond acceptors (Lipinski definition) is 4. The van der Waals surface area contributed by atoms with Gasteiger partial charge in [-0.25, -0.2) is 0 Å². The van der Waals surface area contributed by atoms with Crippen LogP contribution in [0.1, 0.15) is 49.8 Å². The minimum absolute atomic E-state index is 0.183. The summed E-state index contributed by atoms with van der Waals surface area (Å²) in [5.74, 6) is -0.263. The van der Waals surface area contributed by atoms with Crippen molar-refractivity contribution in [3.05, 3.63) is 11.4 Å². The summed E-state index contributed by atoms with van der Waals surface area (Å²) >= 11 is 0. The second-order valence-electron chi connectivity index (χ2n) is 4.93. The van der Waals surface area contributed by atoms with Crippen LogP contribution in [-0.4, -0.2) is 34.1 Å². The number of anilines is 1. The van der Waals surface area contributed by atoms with Gasteiger partial charge in [0.1, 0.15) is 0 Å². The molecule has 0 aliphatic heterocycles. The first-order chi connectivity index (χ1) is 8.92. The van der Waals surface area contributed by atoms with Crippen molar-refractivity contribution in [3.8, 4) is 6.07 Å².